The minimum absolute atomic E-state index is 0.419. The van der Waals surface area contributed by atoms with Crippen molar-refractivity contribution in [1.82, 2.24) is 20.0 Å². The summed E-state index contributed by atoms with van der Waals surface area (Å²) in [6.07, 6.45) is 6.67. The maximum Gasteiger partial charge on any atom is 0.261 e. The molecule has 0 aliphatic carbocycles. The van der Waals surface area contributed by atoms with E-state index in [1.165, 1.54) is 18.4 Å². The Morgan fingerprint density at radius 1 is 1.07 bits per heavy atom. The molecule has 1 N–H and O–H groups in total. The van der Waals surface area contributed by atoms with Crippen molar-refractivity contribution in [2.24, 2.45) is 0 Å². The van der Waals surface area contributed by atoms with Crippen molar-refractivity contribution in [3.8, 4) is 11.5 Å². The van der Waals surface area contributed by atoms with Crippen LogP contribution in [0, 0.1) is 6.92 Å². The summed E-state index contributed by atoms with van der Waals surface area (Å²) in [5.74, 6) is 2.00. The zero-order valence-electron chi connectivity index (χ0n) is 16.1. The van der Waals surface area contributed by atoms with Crippen molar-refractivity contribution in [3.05, 3.63) is 60.0 Å². The fraction of sp³-hybridized carbons (Fsp3) is 0.409. The number of hydrogen-bond acceptors (Lipinski definition) is 6. The van der Waals surface area contributed by atoms with Crippen LogP contribution in [0.3, 0.4) is 0 Å². The summed E-state index contributed by atoms with van der Waals surface area (Å²) >= 11 is 0. The van der Waals surface area contributed by atoms with Gasteiger partial charge < -0.3 is 9.84 Å². The number of nitrogens with zero attached hydrogens (tertiary/aromatic N) is 4. The summed E-state index contributed by atoms with van der Waals surface area (Å²) in [6, 6.07) is 16.4. The molecule has 2 aromatic heterocycles. The SMILES string of the molecule is Cc1noc(-c2cccnc2NC2CC3CCC(C2)N3Cc2ccccc2)n1. The van der Waals surface area contributed by atoms with Crippen LogP contribution < -0.4 is 5.32 Å². The number of aromatic nitrogens is 3. The molecule has 6 nitrogen and oxygen atoms in total. The molecule has 1 aromatic carbocycles. The molecule has 0 radical (unpaired) electrons. The fourth-order valence-corrected chi connectivity index (χ4v) is 4.74. The molecule has 2 atom stereocenters. The number of anilines is 1. The van der Waals surface area contributed by atoms with Gasteiger partial charge in [-0.15, -0.1) is 0 Å². The summed E-state index contributed by atoms with van der Waals surface area (Å²) in [6.45, 7) is 2.88. The van der Waals surface area contributed by atoms with Gasteiger partial charge in [0.05, 0.1) is 5.56 Å². The van der Waals surface area contributed by atoms with Gasteiger partial charge in [-0.25, -0.2) is 4.98 Å². The molecule has 0 spiro atoms. The number of benzene rings is 1. The van der Waals surface area contributed by atoms with Crippen LogP contribution in [0.4, 0.5) is 5.82 Å². The van der Waals surface area contributed by atoms with Crippen LogP contribution >= 0.6 is 0 Å². The number of nitrogens with one attached hydrogen (secondary N) is 1. The second-order valence-electron chi connectivity index (χ2n) is 7.90. The summed E-state index contributed by atoms with van der Waals surface area (Å²) in [7, 11) is 0. The van der Waals surface area contributed by atoms with E-state index >= 15 is 0 Å². The van der Waals surface area contributed by atoms with Gasteiger partial charge in [-0.1, -0.05) is 35.5 Å². The average molecular weight is 375 g/mol. The van der Waals surface area contributed by atoms with Crippen LogP contribution in [-0.2, 0) is 6.54 Å². The lowest BCUT2D eigenvalue weighted by atomic mass is 9.96. The molecule has 2 bridgehead atoms. The fourth-order valence-electron chi connectivity index (χ4n) is 4.74. The van der Waals surface area contributed by atoms with Gasteiger partial charge in [-0.2, -0.15) is 4.98 Å². The smallest absolute Gasteiger partial charge is 0.261 e. The van der Waals surface area contributed by atoms with Crippen molar-refractivity contribution in [3.63, 3.8) is 0 Å². The number of rotatable bonds is 5. The topological polar surface area (TPSA) is 67.1 Å². The first-order valence-electron chi connectivity index (χ1n) is 10.1. The van der Waals surface area contributed by atoms with Crippen molar-refractivity contribution in [1.29, 1.82) is 0 Å². The molecule has 6 heteroatoms. The lowest BCUT2D eigenvalue weighted by Gasteiger charge is -2.39. The standard InChI is InChI=1S/C22H25N5O/c1-15-24-22(28-26-15)20-8-5-11-23-21(20)25-17-12-18-9-10-19(13-17)27(18)14-16-6-3-2-4-7-16/h2-8,11,17-19H,9-10,12-14H2,1H3,(H,23,25). The number of fused-ring (bicyclic) bond motifs is 2. The Morgan fingerprint density at radius 2 is 1.86 bits per heavy atom. The molecule has 0 saturated carbocycles. The third kappa shape index (κ3) is 3.40. The lowest BCUT2D eigenvalue weighted by molar-refractivity contribution is 0.124. The van der Waals surface area contributed by atoms with Crippen LogP contribution in [0.2, 0.25) is 0 Å². The van der Waals surface area contributed by atoms with Crippen LogP contribution in [0.5, 0.6) is 0 Å². The van der Waals surface area contributed by atoms with E-state index in [0.29, 0.717) is 29.8 Å². The summed E-state index contributed by atoms with van der Waals surface area (Å²) in [5.41, 5.74) is 2.28. The molecule has 5 rings (SSSR count). The maximum atomic E-state index is 5.37. The first-order chi connectivity index (χ1) is 13.8. The van der Waals surface area contributed by atoms with Gasteiger partial charge in [-0.3, -0.25) is 4.90 Å². The molecule has 2 aliphatic heterocycles. The maximum absolute atomic E-state index is 5.37. The van der Waals surface area contributed by atoms with Gasteiger partial charge in [0.25, 0.3) is 5.89 Å². The zero-order chi connectivity index (χ0) is 18.9. The first-order valence-corrected chi connectivity index (χ1v) is 10.1. The highest BCUT2D eigenvalue weighted by Crippen LogP contribution is 2.38. The third-order valence-corrected chi connectivity index (χ3v) is 6.00. The Labute approximate surface area is 165 Å². The van der Waals surface area contributed by atoms with E-state index in [1.807, 2.05) is 25.3 Å². The van der Waals surface area contributed by atoms with Gasteiger partial charge in [0.2, 0.25) is 0 Å². The van der Waals surface area contributed by atoms with Crippen LogP contribution in [0.25, 0.3) is 11.5 Å². The molecule has 2 aliphatic rings. The number of pyridine rings is 1. The summed E-state index contributed by atoms with van der Waals surface area (Å²) in [4.78, 5) is 11.6. The zero-order valence-corrected chi connectivity index (χ0v) is 16.1. The van der Waals surface area contributed by atoms with Crippen molar-refractivity contribution >= 4 is 5.82 Å². The average Bonchev–Trinajstić information content (AvgIpc) is 3.23. The second kappa shape index (κ2) is 7.36. The number of piperidine rings is 1. The third-order valence-electron chi connectivity index (χ3n) is 6.00. The number of aryl methyl sites for hydroxylation is 1. The largest absolute Gasteiger partial charge is 0.367 e. The molecular weight excluding hydrogens is 350 g/mol. The van der Waals surface area contributed by atoms with Gasteiger partial charge in [0.15, 0.2) is 5.82 Å². The number of hydrogen-bond donors (Lipinski definition) is 1. The quantitative estimate of drug-likeness (QED) is 0.726. The highest BCUT2D eigenvalue weighted by atomic mass is 16.5. The lowest BCUT2D eigenvalue weighted by Crippen LogP contribution is -2.46. The van der Waals surface area contributed by atoms with E-state index in [1.54, 1.807) is 0 Å². The Hall–Kier alpha value is -2.73. The molecule has 2 unspecified atom stereocenters. The van der Waals surface area contributed by atoms with Gasteiger partial charge in [0, 0.05) is 30.9 Å². The molecule has 144 valence electrons. The van der Waals surface area contributed by atoms with E-state index in [-0.39, 0.29) is 0 Å². The minimum Gasteiger partial charge on any atom is -0.367 e. The highest BCUT2D eigenvalue weighted by molar-refractivity contribution is 5.68. The molecular formula is C22H25N5O. The minimum atomic E-state index is 0.419. The van der Waals surface area contributed by atoms with E-state index < -0.39 is 0 Å². The van der Waals surface area contributed by atoms with E-state index in [4.69, 9.17) is 4.52 Å². The van der Waals surface area contributed by atoms with E-state index in [2.05, 4.69) is 55.7 Å². The Morgan fingerprint density at radius 3 is 2.57 bits per heavy atom. The second-order valence-corrected chi connectivity index (χ2v) is 7.90. The van der Waals surface area contributed by atoms with Crippen LogP contribution in [0.15, 0.2) is 53.2 Å². The normalized spacial score (nSPS) is 24.4. The molecule has 2 fully saturated rings. The molecule has 2 saturated heterocycles. The van der Waals surface area contributed by atoms with E-state index in [9.17, 15) is 0 Å². The van der Waals surface area contributed by atoms with Crippen molar-refractivity contribution in [2.75, 3.05) is 5.32 Å². The van der Waals surface area contributed by atoms with Gasteiger partial charge in [0.1, 0.15) is 5.82 Å². The molecule has 0 amide bonds. The van der Waals surface area contributed by atoms with Crippen molar-refractivity contribution < 1.29 is 4.52 Å². The molecule has 3 aromatic rings. The summed E-state index contributed by atoms with van der Waals surface area (Å²) in [5, 5.41) is 7.59. The van der Waals surface area contributed by atoms with Crippen LogP contribution in [-0.4, -0.2) is 38.2 Å². The monoisotopic (exact) mass is 375 g/mol. The Bertz CT molecular complexity index is 927. The van der Waals surface area contributed by atoms with Crippen molar-refractivity contribution in [2.45, 2.75) is 57.3 Å². The molecule has 4 heterocycles. The van der Waals surface area contributed by atoms with E-state index in [0.717, 1.165) is 30.8 Å². The first kappa shape index (κ1) is 17.4. The Kier molecular flexibility index (Phi) is 4.56. The highest BCUT2D eigenvalue weighted by Gasteiger charge is 2.40. The predicted molar refractivity (Wildman–Crippen MR) is 108 cm³/mol. The Balaban J connectivity index is 1.30. The predicted octanol–water partition coefficient (Wildman–Crippen LogP) is 4.05. The molecule has 28 heavy (non-hydrogen) atoms. The van der Waals surface area contributed by atoms with Gasteiger partial charge >= 0.3 is 0 Å². The van der Waals surface area contributed by atoms with Gasteiger partial charge in [-0.05, 0) is 50.3 Å². The van der Waals surface area contributed by atoms with Crippen LogP contribution in [0.1, 0.15) is 37.1 Å². The summed E-state index contributed by atoms with van der Waals surface area (Å²) < 4.78 is 5.37.